The lowest BCUT2D eigenvalue weighted by Gasteiger charge is -2.08. The highest BCUT2D eigenvalue weighted by Crippen LogP contribution is 2.30. The summed E-state index contributed by atoms with van der Waals surface area (Å²) in [6, 6.07) is 7.85. The van der Waals surface area contributed by atoms with E-state index in [1.165, 1.54) is 0 Å². The number of carbonyl (C=O) groups excluding carboxylic acids is 2. The summed E-state index contributed by atoms with van der Waals surface area (Å²) in [5, 5.41) is 2.19. The second-order valence-electron chi connectivity index (χ2n) is 5.62. The molecule has 0 aliphatic heterocycles. The van der Waals surface area contributed by atoms with Gasteiger partial charge in [0.2, 0.25) is 0 Å². The number of aryl methyl sites for hydroxylation is 1. The topological polar surface area (TPSA) is 77.5 Å². The maximum Gasteiger partial charge on any atom is 0.344 e. The molecule has 3 rings (SSSR count). The van der Waals surface area contributed by atoms with Gasteiger partial charge in [-0.25, -0.2) is 22.9 Å². The molecule has 28 heavy (non-hydrogen) atoms. The summed E-state index contributed by atoms with van der Waals surface area (Å²) in [4.78, 5) is 27.2. The fourth-order valence-electron chi connectivity index (χ4n) is 2.23. The van der Waals surface area contributed by atoms with Crippen LogP contribution >= 0.6 is 11.3 Å². The van der Waals surface area contributed by atoms with Gasteiger partial charge in [-0.15, -0.1) is 0 Å². The predicted octanol–water partition coefficient (Wildman–Crippen LogP) is 3.58. The van der Waals surface area contributed by atoms with E-state index in [2.05, 4.69) is 10.3 Å². The minimum Gasteiger partial charge on any atom is -0.482 e. The smallest absolute Gasteiger partial charge is 0.344 e. The highest BCUT2D eigenvalue weighted by Gasteiger charge is 2.18. The molecule has 3 aromatic rings. The molecule has 1 heterocycles. The second-order valence-corrected chi connectivity index (χ2v) is 6.65. The molecule has 0 saturated carbocycles. The molecular formula is C18H13F3N2O4S. The van der Waals surface area contributed by atoms with Crippen molar-refractivity contribution >= 4 is 38.6 Å². The van der Waals surface area contributed by atoms with Gasteiger partial charge in [0.15, 0.2) is 35.8 Å². The third-order valence-corrected chi connectivity index (χ3v) is 4.49. The first kappa shape index (κ1) is 19.6. The van der Waals surface area contributed by atoms with Crippen molar-refractivity contribution in [3.63, 3.8) is 0 Å². The Kier molecular flexibility index (Phi) is 5.78. The minimum absolute atomic E-state index is 0.0234. The maximum atomic E-state index is 13.7. The average molecular weight is 410 g/mol. The van der Waals surface area contributed by atoms with Gasteiger partial charge in [0, 0.05) is 0 Å². The maximum absolute atomic E-state index is 13.7. The van der Waals surface area contributed by atoms with Crippen LogP contribution in [0.15, 0.2) is 30.3 Å². The van der Waals surface area contributed by atoms with E-state index in [9.17, 15) is 22.8 Å². The lowest BCUT2D eigenvalue weighted by Crippen LogP contribution is -2.23. The summed E-state index contributed by atoms with van der Waals surface area (Å²) in [5.74, 6) is -5.43. The number of benzene rings is 2. The number of anilines is 1. The van der Waals surface area contributed by atoms with Gasteiger partial charge in [-0.1, -0.05) is 29.5 Å². The van der Waals surface area contributed by atoms with Crippen molar-refractivity contribution in [1.29, 1.82) is 0 Å². The number of fused-ring (bicyclic) bond motifs is 1. The summed E-state index contributed by atoms with van der Waals surface area (Å²) in [7, 11) is 0. The summed E-state index contributed by atoms with van der Waals surface area (Å²) in [6.45, 7) is 0.798. The minimum atomic E-state index is -1.64. The molecule has 0 fully saturated rings. The summed E-state index contributed by atoms with van der Waals surface area (Å²) in [5.41, 5.74) is 0.437. The van der Waals surface area contributed by atoms with Gasteiger partial charge in [0.1, 0.15) is 11.3 Å². The number of para-hydroxylation sites is 1. The van der Waals surface area contributed by atoms with Crippen molar-refractivity contribution in [2.45, 2.75) is 6.92 Å². The highest BCUT2D eigenvalue weighted by atomic mass is 32.1. The summed E-state index contributed by atoms with van der Waals surface area (Å²) < 4.78 is 50.2. The Bertz CT molecular complexity index is 1050. The Morgan fingerprint density at radius 1 is 1.14 bits per heavy atom. The van der Waals surface area contributed by atoms with Crippen LogP contribution in [-0.2, 0) is 14.3 Å². The molecule has 1 N–H and O–H groups in total. The van der Waals surface area contributed by atoms with Crippen LogP contribution < -0.4 is 10.1 Å². The van der Waals surface area contributed by atoms with Crippen molar-refractivity contribution in [3.05, 3.63) is 53.3 Å². The largest absolute Gasteiger partial charge is 0.482 e. The highest BCUT2D eigenvalue weighted by molar-refractivity contribution is 7.22. The second kappa shape index (κ2) is 8.26. The lowest BCUT2D eigenvalue weighted by molar-refractivity contribution is -0.149. The molecule has 6 nitrogen and oxygen atoms in total. The third kappa shape index (κ3) is 4.39. The molecule has 10 heteroatoms. The Balaban J connectivity index is 1.53. The average Bonchev–Trinajstić information content (AvgIpc) is 3.06. The molecule has 0 aliphatic rings. The van der Waals surface area contributed by atoms with Crippen molar-refractivity contribution in [2.24, 2.45) is 0 Å². The molecule has 0 spiro atoms. The van der Waals surface area contributed by atoms with Gasteiger partial charge < -0.3 is 9.47 Å². The number of aromatic nitrogens is 1. The number of nitrogens with zero attached hydrogens (tertiary/aromatic N) is 1. The summed E-state index contributed by atoms with van der Waals surface area (Å²) in [6.07, 6.45) is 0. The zero-order valence-corrected chi connectivity index (χ0v) is 15.2. The Morgan fingerprint density at radius 2 is 1.89 bits per heavy atom. The number of nitrogens with one attached hydrogen (secondary N) is 1. The van der Waals surface area contributed by atoms with Gasteiger partial charge in [0.05, 0.1) is 4.70 Å². The standard InChI is InChI=1S/C18H13F3N2O4S/c1-9-4-2-3-5-11(9)26-8-14(25)27-7-13(24)22-18-23-17-12(28-18)6-10(19)15(20)16(17)21/h2-6H,7-8H2,1H3,(H,22,23,24). The van der Waals surface area contributed by atoms with Crippen LogP contribution in [0.3, 0.4) is 0 Å². The number of amides is 1. The zero-order valence-electron chi connectivity index (χ0n) is 14.4. The van der Waals surface area contributed by atoms with E-state index >= 15 is 0 Å². The Labute approximate surface area is 160 Å². The molecule has 0 unspecified atom stereocenters. The van der Waals surface area contributed by atoms with E-state index < -0.39 is 41.5 Å². The molecular weight excluding hydrogens is 397 g/mol. The van der Waals surface area contributed by atoms with Crippen molar-refractivity contribution in [2.75, 3.05) is 18.5 Å². The molecule has 0 radical (unpaired) electrons. The van der Waals surface area contributed by atoms with Crippen LogP contribution in [0, 0.1) is 24.4 Å². The molecule has 0 bridgehead atoms. The molecule has 1 amide bonds. The molecule has 1 aromatic heterocycles. The molecule has 2 aromatic carbocycles. The molecule has 0 saturated heterocycles. The first-order chi connectivity index (χ1) is 13.3. The van der Waals surface area contributed by atoms with Crippen LogP contribution in [-0.4, -0.2) is 30.1 Å². The Morgan fingerprint density at radius 3 is 2.64 bits per heavy atom. The quantitative estimate of drug-likeness (QED) is 0.497. The summed E-state index contributed by atoms with van der Waals surface area (Å²) >= 11 is 0.751. The number of esters is 1. The van der Waals surface area contributed by atoms with Gasteiger partial charge in [-0.2, -0.15) is 0 Å². The number of halogens is 3. The zero-order chi connectivity index (χ0) is 20.3. The van der Waals surface area contributed by atoms with Crippen LogP contribution in [0.5, 0.6) is 5.75 Å². The van der Waals surface area contributed by atoms with Crippen LogP contribution in [0.2, 0.25) is 0 Å². The van der Waals surface area contributed by atoms with E-state index in [0.717, 1.165) is 23.0 Å². The van der Waals surface area contributed by atoms with Crippen molar-refractivity contribution in [1.82, 2.24) is 4.98 Å². The number of hydrogen-bond acceptors (Lipinski definition) is 6. The number of rotatable bonds is 6. The lowest BCUT2D eigenvalue weighted by atomic mass is 10.2. The normalized spacial score (nSPS) is 10.7. The molecule has 146 valence electrons. The van der Waals surface area contributed by atoms with Gasteiger partial charge in [0.25, 0.3) is 5.91 Å². The van der Waals surface area contributed by atoms with E-state index in [0.29, 0.717) is 5.75 Å². The fraction of sp³-hybridized carbons (Fsp3) is 0.167. The Hall–Kier alpha value is -3.14. The third-order valence-electron chi connectivity index (χ3n) is 3.57. The van der Waals surface area contributed by atoms with Crippen LogP contribution in [0.25, 0.3) is 10.2 Å². The van der Waals surface area contributed by atoms with E-state index in [4.69, 9.17) is 9.47 Å². The van der Waals surface area contributed by atoms with Crippen LogP contribution in [0.1, 0.15) is 5.56 Å². The number of hydrogen-bond donors (Lipinski definition) is 1. The van der Waals surface area contributed by atoms with Crippen LogP contribution in [0.4, 0.5) is 18.3 Å². The van der Waals surface area contributed by atoms with Gasteiger partial charge in [-0.05, 0) is 24.6 Å². The van der Waals surface area contributed by atoms with Gasteiger partial charge >= 0.3 is 5.97 Å². The predicted molar refractivity (Wildman–Crippen MR) is 95.8 cm³/mol. The van der Waals surface area contributed by atoms with E-state index in [1.807, 2.05) is 19.1 Å². The first-order valence-electron chi connectivity index (χ1n) is 7.93. The van der Waals surface area contributed by atoms with Gasteiger partial charge in [-0.3, -0.25) is 10.1 Å². The van der Waals surface area contributed by atoms with E-state index in [-0.39, 0.29) is 16.4 Å². The van der Waals surface area contributed by atoms with E-state index in [1.54, 1.807) is 12.1 Å². The SMILES string of the molecule is Cc1ccccc1OCC(=O)OCC(=O)Nc1nc2c(F)c(F)c(F)cc2s1. The van der Waals surface area contributed by atoms with Crippen molar-refractivity contribution in [3.8, 4) is 5.75 Å². The van der Waals surface area contributed by atoms with Crippen molar-refractivity contribution < 1.29 is 32.2 Å². The molecule has 0 atom stereocenters. The number of thiazole rings is 1. The number of ether oxygens (including phenoxy) is 2. The monoisotopic (exact) mass is 410 g/mol. The first-order valence-corrected chi connectivity index (χ1v) is 8.74. The number of carbonyl (C=O) groups is 2. The molecule has 0 aliphatic carbocycles. The fourth-order valence-corrected chi connectivity index (χ4v) is 3.13.